The topological polar surface area (TPSA) is 50.8 Å². The Morgan fingerprint density at radius 1 is 1.22 bits per heavy atom. The summed E-state index contributed by atoms with van der Waals surface area (Å²) in [5, 5.41) is 3.27. The van der Waals surface area contributed by atoms with Gasteiger partial charge in [0.15, 0.2) is 18.2 Å². The van der Waals surface area contributed by atoms with Crippen LogP contribution in [0.4, 0.5) is 8.78 Å². The number of nitrogens with one attached hydrogen (secondary N) is 1. The summed E-state index contributed by atoms with van der Waals surface area (Å²) in [7, 11) is 1.58. The van der Waals surface area contributed by atoms with Crippen LogP contribution in [0.5, 0.6) is 11.5 Å². The largest absolute Gasteiger partial charge is 0.496 e. The molecule has 0 saturated carbocycles. The maximum Gasteiger partial charge on any atom is 0.261 e. The molecule has 1 unspecified atom stereocenters. The molecule has 1 aliphatic rings. The van der Waals surface area contributed by atoms with Crippen molar-refractivity contribution in [1.82, 2.24) is 10.2 Å². The van der Waals surface area contributed by atoms with Crippen LogP contribution in [-0.4, -0.2) is 44.2 Å². The second kappa shape index (κ2) is 9.53. The average Bonchev–Trinajstić information content (AvgIpc) is 2.67. The van der Waals surface area contributed by atoms with Crippen molar-refractivity contribution in [3.8, 4) is 11.5 Å². The van der Waals surface area contributed by atoms with E-state index in [0.717, 1.165) is 17.7 Å². The summed E-state index contributed by atoms with van der Waals surface area (Å²) in [5.74, 6) is -1.25. The van der Waals surface area contributed by atoms with Gasteiger partial charge in [-0.1, -0.05) is 18.2 Å². The third-order valence-corrected chi connectivity index (χ3v) is 4.31. The van der Waals surface area contributed by atoms with Gasteiger partial charge in [0.1, 0.15) is 11.6 Å². The van der Waals surface area contributed by atoms with E-state index in [1.54, 1.807) is 12.0 Å². The summed E-state index contributed by atoms with van der Waals surface area (Å²) >= 11 is 0. The van der Waals surface area contributed by atoms with Crippen molar-refractivity contribution in [2.75, 3.05) is 33.4 Å². The molecule has 0 aliphatic carbocycles. The molecule has 1 saturated heterocycles. The smallest absolute Gasteiger partial charge is 0.261 e. The van der Waals surface area contributed by atoms with E-state index in [9.17, 15) is 13.6 Å². The van der Waals surface area contributed by atoms with E-state index in [1.807, 2.05) is 24.3 Å². The summed E-state index contributed by atoms with van der Waals surface area (Å²) in [6.07, 6.45) is 0. The quantitative estimate of drug-likeness (QED) is 0.841. The van der Waals surface area contributed by atoms with E-state index in [0.29, 0.717) is 25.4 Å². The standard InChI is InChI=1S/C19H20F2N2O3.ClH/c1-25-17-5-3-2-4-14(17)16-11-22-8-9-23(16)19(24)12-26-18-7-6-13(20)10-15(18)21;/h2-7,10,16,22H,8-9,11-12H2,1H3;1H. The van der Waals surface area contributed by atoms with Crippen LogP contribution in [0.3, 0.4) is 0 Å². The van der Waals surface area contributed by atoms with Crippen LogP contribution >= 0.6 is 12.4 Å². The Balaban J connectivity index is 0.00000261. The van der Waals surface area contributed by atoms with Crippen molar-refractivity contribution >= 4 is 18.3 Å². The molecule has 1 N–H and O–H groups in total. The molecule has 0 aromatic heterocycles. The van der Waals surface area contributed by atoms with Gasteiger partial charge in [-0.2, -0.15) is 0 Å². The van der Waals surface area contributed by atoms with Gasteiger partial charge in [0.2, 0.25) is 0 Å². The zero-order valence-corrected chi connectivity index (χ0v) is 15.6. The summed E-state index contributed by atoms with van der Waals surface area (Å²) in [5.41, 5.74) is 0.892. The highest BCUT2D eigenvalue weighted by Gasteiger charge is 2.30. The number of nitrogens with zero attached hydrogens (tertiary/aromatic N) is 1. The number of halogens is 3. The molecule has 146 valence electrons. The van der Waals surface area contributed by atoms with Crippen LogP contribution in [0.1, 0.15) is 11.6 Å². The van der Waals surface area contributed by atoms with E-state index >= 15 is 0 Å². The fourth-order valence-electron chi connectivity index (χ4n) is 3.04. The van der Waals surface area contributed by atoms with Gasteiger partial charge in [0, 0.05) is 31.3 Å². The zero-order chi connectivity index (χ0) is 18.5. The fraction of sp³-hybridized carbons (Fsp3) is 0.316. The van der Waals surface area contributed by atoms with Crippen LogP contribution in [0, 0.1) is 11.6 Å². The van der Waals surface area contributed by atoms with Gasteiger partial charge in [-0.3, -0.25) is 4.79 Å². The van der Waals surface area contributed by atoms with Gasteiger partial charge >= 0.3 is 0 Å². The number of para-hydroxylation sites is 1. The first kappa shape index (κ1) is 20.9. The van der Waals surface area contributed by atoms with Gasteiger partial charge < -0.3 is 19.7 Å². The predicted molar refractivity (Wildman–Crippen MR) is 99.4 cm³/mol. The van der Waals surface area contributed by atoms with Crippen molar-refractivity contribution in [2.45, 2.75) is 6.04 Å². The number of carbonyl (C=O) groups is 1. The minimum atomic E-state index is -0.834. The first-order valence-corrected chi connectivity index (χ1v) is 8.31. The first-order chi connectivity index (χ1) is 12.6. The number of benzene rings is 2. The van der Waals surface area contributed by atoms with Crippen LogP contribution < -0.4 is 14.8 Å². The minimum absolute atomic E-state index is 0. The van der Waals surface area contributed by atoms with E-state index in [2.05, 4.69) is 5.32 Å². The Kier molecular flexibility index (Phi) is 7.38. The Hall–Kier alpha value is -2.38. The molecule has 1 fully saturated rings. The lowest BCUT2D eigenvalue weighted by Gasteiger charge is -2.37. The van der Waals surface area contributed by atoms with Crippen LogP contribution in [0.2, 0.25) is 0 Å². The monoisotopic (exact) mass is 398 g/mol. The van der Waals surface area contributed by atoms with E-state index in [4.69, 9.17) is 9.47 Å². The lowest BCUT2D eigenvalue weighted by molar-refractivity contribution is -0.136. The van der Waals surface area contributed by atoms with Gasteiger partial charge in [-0.25, -0.2) is 8.78 Å². The van der Waals surface area contributed by atoms with E-state index in [-0.39, 0.29) is 36.7 Å². The molecule has 0 bridgehead atoms. The predicted octanol–water partition coefficient (Wildman–Crippen LogP) is 2.95. The number of hydrogen-bond acceptors (Lipinski definition) is 4. The molecule has 1 heterocycles. The molecule has 0 radical (unpaired) electrons. The van der Waals surface area contributed by atoms with Gasteiger partial charge in [0.05, 0.1) is 13.2 Å². The Labute approximate surface area is 162 Å². The number of piperazine rings is 1. The highest BCUT2D eigenvalue weighted by atomic mass is 35.5. The fourth-order valence-corrected chi connectivity index (χ4v) is 3.04. The normalized spacial score (nSPS) is 16.4. The SMILES string of the molecule is COc1ccccc1C1CNCCN1C(=O)COc1ccc(F)cc1F.Cl. The highest BCUT2D eigenvalue weighted by molar-refractivity contribution is 5.85. The zero-order valence-electron chi connectivity index (χ0n) is 14.8. The van der Waals surface area contributed by atoms with Crippen molar-refractivity contribution in [3.63, 3.8) is 0 Å². The summed E-state index contributed by atoms with van der Waals surface area (Å²) in [6.45, 7) is 1.41. The number of methoxy groups -OCH3 is 1. The molecule has 1 amide bonds. The Morgan fingerprint density at radius 2 is 2.00 bits per heavy atom. The molecule has 8 heteroatoms. The molecule has 2 aromatic carbocycles. The number of carbonyl (C=O) groups excluding carboxylic acids is 1. The summed E-state index contributed by atoms with van der Waals surface area (Å²) < 4.78 is 37.3. The first-order valence-electron chi connectivity index (χ1n) is 8.31. The highest BCUT2D eigenvalue weighted by Crippen LogP contribution is 2.30. The second-order valence-corrected chi connectivity index (χ2v) is 5.91. The molecule has 2 aromatic rings. The van der Waals surface area contributed by atoms with E-state index < -0.39 is 11.6 Å². The minimum Gasteiger partial charge on any atom is -0.496 e. The third kappa shape index (κ3) is 4.87. The third-order valence-electron chi connectivity index (χ3n) is 4.31. The lowest BCUT2D eigenvalue weighted by Crippen LogP contribution is -2.50. The van der Waals surface area contributed by atoms with Gasteiger partial charge in [-0.15, -0.1) is 12.4 Å². The Bertz CT molecular complexity index is 791. The van der Waals surface area contributed by atoms with Crippen LogP contribution in [-0.2, 0) is 4.79 Å². The summed E-state index contributed by atoms with van der Waals surface area (Å²) in [4.78, 5) is 14.4. The maximum atomic E-state index is 13.7. The average molecular weight is 399 g/mol. The van der Waals surface area contributed by atoms with Crippen molar-refractivity contribution in [3.05, 3.63) is 59.7 Å². The van der Waals surface area contributed by atoms with Gasteiger partial charge in [0.25, 0.3) is 5.91 Å². The number of rotatable bonds is 5. The van der Waals surface area contributed by atoms with Crippen LogP contribution in [0.25, 0.3) is 0 Å². The molecule has 27 heavy (non-hydrogen) atoms. The summed E-state index contributed by atoms with van der Waals surface area (Å²) in [6, 6.07) is 10.3. The van der Waals surface area contributed by atoms with Crippen molar-refractivity contribution in [1.29, 1.82) is 0 Å². The molecule has 0 spiro atoms. The Morgan fingerprint density at radius 3 is 2.74 bits per heavy atom. The van der Waals surface area contributed by atoms with Crippen LogP contribution in [0.15, 0.2) is 42.5 Å². The second-order valence-electron chi connectivity index (χ2n) is 5.91. The molecular formula is C19H21ClF2N2O3. The number of ether oxygens (including phenoxy) is 2. The number of hydrogen-bond donors (Lipinski definition) is 1. The molecule has 3 rings (SSSR count). The maximum absolute atomic E-state index is 13.7. The lowest BCUT2D eigenvalue weighted by atomic mass is 10.0. The van der Waals surface area contributed by atoms with E-state index in [1.165, 1.54) is 6.07 Å². The van der Waals surface area contributed by atoms with Crippen molar-refractivity contribution in [2.24, 2.45) is 0 Å². The van der Waals surface area contributed by atoms with Crippen molar-refractivity contribution < 1.29 is 23.0 Å². The van der Waals surface area contributed by atoms with Gasteiger partial charge in [-0.05, 0) is 18.2 Å². The molecule has 5 nitrogen and oxygen atoms in total. The number of amides is 1. The molecule has 1 aliphatic heterocycles. The molecule has 1 atom stereocenters. The molecular weight excluding hydrogens is 378 g/mol.